The van der Waals surface area contributed by atoms with Crippen molar-refractivity contribution in [3.05, 3.63) is 59.2 Å². The van der Waals surface area contributed by atoms with E-state index in [2.05, 4.69) is 0 Å². The molecule has 0 bridgehead atoms. The van der Waals surface area contributed by atoms with E-state index < -0.39 is 35.4 Å². The molecule has 34 heavy (non-hydrogen) atoms. The van der Waals surface area contributed by atoms with Gasteiger partial charge in [0.2, 0.25) is 10.0 Å². The van der Waals surface area contributed by atoms with E-state index >= 15 is 0 Å². The van der Waals surface area contributed by atoms with E-state index in [0.29, 0.717) is 18.0 Å². The molecule has 0 amide bonds. The Labute approximate surface area is 200 Å². The number of halogens is 3. The Balaban J connectivity index is 1.56. The second-order valence-electron chi connectivity index (χ2n) is 8.14. The lowest BCUT2D eigenvalue weighted by molar-refractivity contribution is -0.137. The van der Waals surface area contributed by atoms with E-state index in [-0.39, 0.29) is 29.7 Å². The second-order valence-corrected chi connectivity index (χ2v) is 10.5. The van der Waals surface area contributed by atoms with Gasteiger partial charge in [-0.25, -0.2) is 17.2 Å². The van der Waals surface area contributed by atoms with Gasteiger partial charge in [0.15, 0.2) is 6.10 Å². The van der Waals surface area contributed by atoms with Crippen molar-refractivity contribution in [3.63, 3.8) is 0 Å². The number of carboxylic acids is 1. The van der Waals surface area contributed by atoms with Crippen molar-refractivity contribution in [1.29, 1.82) is 0 Å². The van der Waals surface area contributed by atoms with Crippen molar-refractivity contribution in [3.8, 4) is 5.75 Å². The predicted molar refractivity (Wildman–Crippen MR) is 124 cm³/mol. The summed E-state index contributed by atoms with van der Waals surface area (Å²) < 4.78 is 59.9. The third-order valence-electron chi connectivity index (χ3n) is 5.88. The zero-order valence-electron chi connectivity index (χ0n) is 18.0. The molecule has 1 N–H and O–H groups in total. The van der Waals surface area contributed by atoms with Crippen molar-refractivity contribution in [1.82, 2.24) is 8.87 Å². The first kappa shape index (κ1) is 24.4. The van der Waals surface area contributed by atoms with Gasteiger partial charge >= 0.3 is 5.97 Å². The van der Waals surface area contributed by atoms with Crippen molar-refractivity contribution in [2.45, 2.75) is 29.9 Å². The molecular formula is C23H23ClF2N2O5S. The molecule has 4 rings (SSSR count). The molecule has 0 aliphatic carbocycles. The number of nitrogens with zero attached hydrogens (tertiary/aromatic N) is 2. The molecule has 1 aliphatic rings. The predicted octanol–water partition coefficient (Wildman–Crippen LogP) is 4.24. The summed E-state index contributed by atoms with van der Waals surface area (Å²) in [5.74, 6) is -0.935. The fourth-order valence-electron chi connectivity index (χ4n) is 4.24. The van der Waals surface area contributed by atoms with Crippen molar-refractivity contribution >= 4 is 38.5 Å². The maximum absolute atomic E-state index is 13.2. The first-order valence-corrected chi connectivity index (χ1v) is 12.4. The monoisotopic (exact) mass is 512 g/mol. The molecular weight excluding hydrogens is 490 g/mol. The fraction of sp³-hybridized carbons (Fsp3) is 0.348. The van der Waals surface area contributed by atoms with Gasteiger partial charge in [0.1, 0.15) is 25.6 Å². The van der Waals surface area contributed by atoms with Crippen LogP contribution in [0.1, 0.15) is 17.9 Å². The highest BCUT2D eigenvalue weighted by molar-refractivity contribution is 7.89. The lowest BCUT2D eigenvalue weighted by Gasteiger charge is -2.17. The summed E-state index contributed by atoms with van der Waals surface area (Å²) in [6, 6.07) is 10.7. The molecule has 7 nitrogen and oxygen atoms in total. The van der Waals surface area contributed by atoms with Gasteiger partial charge in [-0.15, -0.1) is 0 Å². The van der Waals surface area contributed by atoms with E-state index in [9.17, 15) is 27.1 Å². The Morgan fingerprint density at radius 2 is 1.88 bits per heavy atom. The number of alkyl halides is 2. The highest BCUT2D eigenvalue weighted by Crippen LogP contribution is 2.37. The van der Waals surface area contributed by atoms with Crippen LogP contribution in [0.5, 0.6) is 5.75 Å². The van der Waals surface area contributed by atoms with Gasteiger partial charge in [0.05, 0.1) is 4.90 Å². The first-order valence-electron chi connectivity index (χ1n) is 10.6. The number of ether oxygens (including phenoxy) is 1. The lowest BCUT2D eigenvalue weighted by atomic mass is 9.98. The molecule has 0 spiro atoms. The Morgan fingerprint density at radius 3 is 2.53 bits per heavy atom. The third-order valence-corrected chi connectivity index (χ3v) is 7.99. The lowest BCUT2D eigenvalue weighted by Crippen LogP contribution is -2.28. The van der Waals surface area contributed by atoms with Gasteiger partial charge in [-0.3, -0.25) is 4.79 Å². The van der Waals surface area contributed by atoms with E-state index in [1.807, 2.05) is 0 Å². The number of carboxylic acid groups (broad SMARTS) is 1. The SMILES string of the molecule is O=C(O)Cn1cc(C2CCN(S(=O)(=O)c3ccc(OC(CF)CF)cc3)C2)c2cc(Cl)ccc21. The average Bonchev–Trinajstić information content (AvgIpc) is 3.43. The number of fused-ring (bicyclic) bond motifs is 1. The molecule has 0 radical (unpaired) electrons. The molecule has 1 aromatic heterocycles. The van der Waals surface area contributed by atoms with E-state index in [1.54, 1.807) is 29.0 Å². The quantitative estimate of drug-likeness (QED) is 0.463. The van der Waals surface area contributed by atoms with Crippen LogP contribution in [0.2, 0.25) is 5.02 Å². The zero-order chi connectivity index (χ0) is 24.5. The number of aromatic nitrogens is 1. The average molecular weight is 513 g/mol. The number of carbonyl (C=O) groups is 1. The van der Waals surface area contributed by atoms with E-state index in [1.165, 1.54) is 28.6 Å². The highest BCUT2D eigenvalue weighted by atomic mass is 35.5. The summed E-state index contributed by atoms with van der Waals surface area (Å²) in [6.45, 7) is -1.67. The van der Waals surface area contributed by atoms with E-state index in [4.69, 9.17) is 16.3 Å². The number of benzene rings is 2. The Hall–Kier alpha value is -2.69. The normalized spacial score (nSPS) is 17.0. The van der Waals surface area contributed by atoms with Gasteiger partial charge in [0, 0.05) is 41.1 Å². The summed E-state index contributed by atoms with van der Waals surface area (Å²) >= 11 is 6.17. The summed E-state index contributed by atoms with van der Waals surface area (Å²) in [7, 11) is -3.81. The molecule has 1 saturated heterocycles. The zero-order valence-corrected chi connectivity index (χ0v) is 19.6. The van der Waals surface area contributed by atoms with Crippen LogP contribution in [0.3, 0.4) is 0 Å². The van der Waals surface area contributed by atoms with Crippen LogP contribution in [0.4, 0.5) is 8.78 Å². The molecule has 1 fully saturated rings. The molecule has 1 aliphatic heterocycles. The molecule has 2 heterocycles. The standard InChI is InChI=1S/C23H23ClF2N2O5S/c24-16-1-6-22-20(9-16)21(13-27(22)14-23(29)30)15-7-8-28(12-15)34(31,32)19-4-2-17(3-5-19)33-18(10-25)11-26/h1-6,9,13,15,18H,7-8,10-12,14H2,(H,29,30). The molecule has 0 saturated carbocycles. The van der Waals surface area contributed by atoms with Gasteiger partial charge < -0.3 is 14.4 Å². The van der Waals surface area contributed by atoms with Crippen molar-refractivity contribution < 1.29 is 31.8 Å². The number of hydrogen-bond donors (Lipinski definition) is 1. The Morgan fingerprint density at radius 1 is 1.18 bits per heavy atom. The Bertz CT molecular complexity index is 1290. The Kier molecular flexibility index (Phi) is 7.11. The minimum absolute atomic E-state index is 0.0499. The minimum atomic E-state index is -3.81. The highest BCUT2D eigenvalue weighted by Gasteiger charge is 2.34. The summed E-state index contributed by atoms with van der Waals surface area (Å²) in [5.41, 5.74) is 1.57. The van der Waals surface area contributed by atoms with Crippen LogP contribution in [-0.2, 0) is 21.4 Å². The van der Waals surface area contributed by atoms with Gasteiger partial charge in [-0.05, 0) is 54.4 Å². The maximum atomic E-state index is 13.2. The summed E-state index contributed by atoms with van der Waals surface area (Å²) in [4.78, 5) is 11.3. The number of rotatable bonds is 9. The second kappa shape index (κ2) is 9.89. The molecule has 1 unspecified atom stereocenters. The van der Waals surface area contributed by atoms with Crippen LogP contribution >= 0.6 is 11.6 Å². The van der Waals surface area contributed by atoms with Crippen LogP contribution in [0.15, 0.2) is 53.6 Å². The number of aliphatic carboxylic acids is 1. The fourth-order valence-corrected chi connectivity index (χ4v) is 5.91. The molecule has 2 aromatic carbocycles. The molecule has 182 valence electrons. The number of hydrogen-bond acceptors (Lipinski definition) is 4. The summed E-state index contributed by atoms with van der Waals surface area (Å²) in [6.07, 6.45) is 1.10. The van der Waals surface area contributed by atoms with Gasteiger partial charge in [0.25, 0.3) is 0 Å². The topological polar surface area (TPSA) is 88.8 Å². The van der Waals surface area contributed by atoms with Crippen molar-refractivity contribution in [2.24, 2.45) is 0 Å². The maximum Gasteiger partial charge on any atom is 0.323 e. The molecule has 11 heteroatoms. The van der Waals surface area contributed by atoms with Gasteiger partial charge in [-0.1, -0.05) is 11.6 Å². The van der Waals surface area contributed by atoms with E-state index in [0.717, 1.165) is 16.5 Å². The molecule has 3 aromatic rings. The largest absolute Gasteiger partial charge is 0.485 e. The third kappa shape index (κ3) is 4.89. The van der Waals surface area contributed by atoms with Crippen LogP contribution < -0.4 is 4.74 Å². The van der Waals surface area contributed by atoms with Crippen molar-refractivity contribution in [2.75, 3.05) is 26.4 Å². The smallest absolute Gasteiger partial charge is 0.323 e. The van der Waals surface area contributed by atoms with Crippen LogP contribution in [-0.4, -0.2) is 60.9 Å². The van der Waals surface area contributed by atoms with Crippen LogP contribution in [0.25, 0.3) is 10.9 Å². The molecule has 1 atom stereocenters. The van der Waals surface area contributed by atoms with Gasteiger partial charge in [-0.2, -0.15) is 4.31 Å². The first-order chi connectivity index (χ1) is 16.2. The number of sulfonamides is 1. The van der Waals surface area contributed by atoms with Crippen LogP contribution in [0, 0.1) is 0 Å². The summed E-state index contributed by atoms with van der Waals surface area (Å²) in [5, 5.41) is 10.6. The minimum Gasteiger partial charge on any atom is -0.485 e.